The van der Waals surface area contributed by atoms with E-state index >= 15 is 0 Å². The molecule has 0 aromatic rings. The average Bonchev–Trinajstić information content (AvgIpc) is 2.90. The van der Waals surface area contributed by atoms with Gasteiger partial charge >= 0.3 is 0 Å². The predicted octanol–water partition coefficient (Wildman–Crippen LogP) is 3.44. The van der Waals surface area contributed by atoms with Gasteiger partial charge in [-0.2, -0.15) is 0 Å². The summed E-state index contributed by atoms with van der Waals surface area (Å²) in [6, 6.07) is 0. The molecule has 1 N–H and O–H groups in total. The number of aliphatic imine (C=N–C) groups is 1. The van der Waals surface area contributed by atoms with Crippen LogP contribution in [0.2, 0.25) is 0 Å². The molecule has 19 heavy (non-hydrogen) atoms. The van der Waals surface area contributed by atoms with Crippen molar-refractivity contribution in [3.8, 4) is 0 Å². The first-order chi connectivity index (χ1) is 9.33. The van der Waals surface area contributed by atoms with Crippen LogP contribution >= 0.6 is 11.8 Å². The average molecular weight is 284 g/mol. The van der Waals surface area contributed by atoms with Crippen LogP contribution in [0.25, 0.3) is 0 Å². The van der Waals surface area contributed by atoms with Crippen LogP contribution in [0.3, 0.4) is 0 Å². The van der Waals surface area contributed by atoms with Crippen molar-refractivity contribution in [1.29, 1.82) is 0 Å². The quantitative estimate of drug-likeness (QED) is 0.811. The van der Waals surface area contributed by atoms with Crippen LogP contribution in [0, 0.1) is 5.92 Å². The van der Waals surface area contributed by atoms with E-state index < -0.39 is 0 Å². The molecule has 110 valence electrons. The van der Waals surface area contributed by atoms with Gasteiger partial charge in [0.2, 0.25) is 0 Å². The van der Waals surface area contributed by atoms with Gasteiger partial charge in [-0.25, -0.2) is 0 Å². The Labute approximate surface area is 122 Å². The zero-order valence-corrected chi connectivity index (χ0v) is 13.2. The molecule has 2 aliphatic rings. The summed E-state index contributed by atoms with van der Waals surface area (Å²) in [5.41, 5.74) is 0. The van der Waals surface area contributed by atoms with Crippen molar-refractivity contribution in [3.05, 3.63) is 0 Å². The van der Waals surface area contributed by atoms with Gasteiger partial charge in [0.15, 0.2) is 5.17 Å². The zero-order chi connectivity index (χ0) is 13.5. The molecule has 0 saturated carbocycles. The van der Waals surface area contributed by atoms with Crippen LogP contribution in [0.1, 0.15) is 52.4 Å². The summed E-state index contributed by atoms with van der Waals surface area (Å²) in [6.07, 6.45) is 7.94. The predicted molar refractivity (Wildman–Crippen MR) is 84.0 cm³/mol. The Morgan fingerprint density at radius 2 is 2.21 bits per heavy atom. The molecule has 0 spiro atoms. The van der Waals surface area contributed by atoms with Crippen molar-refractivity contribution in [1.82, 2.24) is 5.32 Å². The van der Waals surface area contributed by atoms with E-state index in [1.165, 1.54) is 32.1 Å². The van der Waals surface area contributed by atoms with Crippen molar-refractivity contribution in [3.63, 3.8) is 0 Å². The van der Waals surface area contributed by atoms with E-state index in [2.05, 4.69) is 24.2 Å². The SMILES string of the molecule is CCC(CC)C1CN=C(NCCC2CCCCO2)S1. The van der Waals surface area contributed by atoms with Crippen LogP contribution in [-0.4, -0.2) is 36.2 Å². The fraction of sp³-hybridized carbons (Fsp3) is 0.933. The zero-order valence-electron chi connectivity index (χ0n) is 12.4. The maximum Gasteiger partial charge on any atom is 0.156 e. The minimum Gasteiger partial charge on any atom is -0.378 e. The highest BCUT2D eigenvalue weighted by Crippen LogP contribution is 2.30. The topological polar surface area (TPSA) is 33.6 Å². The second kappa shape index (κ2) is 8.15. The Morgan fingerprint density at radius 3 is 2.89 bits per heavy atom. The maximum atomic E-state index is 5.75. The van der Waals surface area contributed by atoms with Crippen LogP contribution in [0.5, 0.6) is 0 Å². The summed E-state index contributed by atoms with van der Waals surface area (Å²) in [6.45, 7) is 7.55. The van der Waals surface area contributed by atoms with Gasteiger partial charge in [0.1, 0.15) is 0 Å². The number of nitrogens with one attached hydrogen (secondary N) is 1. The lowest BCUT2D eigenvalue weighted by molar-refractivity contribution is 0.0122. The minimum atomic E-state index is 0.475. The van der Waals surface area contributed by atoms with Gasteiger partial charge in [-0.05, 0) is 31.6 Å². The lowest BCUT2D eigenvalue weighted by atomic mass is 9.99. The van der Waals surface area contributed by atoms with Crippen molar-refractivity contribution in [2.45, 2.75) is 63.7 Å². The first-order valence-electron chi connectivity index (χ1n) is 7.90. The molecule has 2 aliphatic heterocycles. The number of thioether (sulfide) groups is 1. The normalized spacial score (nSPS) is 27.6. The van der Waals surface area contributed by atoms with Crippen molar-refractivity contribution >= 4 is 16.9 Å². The molecule has 2 heterocycles. The van der Waals surface area contributed by atoms with E-state index in [1.54, 1.807) is 0 Å². The van der Waals surface area contributed by atoms with E-state index in [4.69, 9.17) is 4.74 Å². The van der Waals surface area contributed by atoms with Crippen molar-refractivity contribution < 1.29 is 4.74 Å². The Balaban J connectivity index is 1.62. The van der Waals surface area contributed by atoms with E-state index in [1.807, 2.05) is 11.8 Å². The standard InChI is InChI=1S/C15H28N2OS/c1-3-12(4-2)14-11-17-15(19-14)16-9-8-13-7-5-6-10-18-13/h12-14H,3-11H2,1-2H3,(H,16,17). The first-order valence-corrected chi connectivity index (χ1v) is 8.78. The molecule has 4 heteroatoms. The molecule has 2 rings (SSSR count). The molecule has 0 bridgehead atoms. The summed E-state index contributed by atoms with van der Waals surface area (Å²) in [4.78, 5) is 4.64. The Kier molecular flexibility index (Phi) is 6.51. The largest absolute Gasteiger partial charge is 0.378 e. The molecular formula is C15H28N2OS. The molecular weight excluding hydrogens is 256 g/mol. The third kappa shape index (κ3) is 4.67. The van der Waals surface area contributed by atoms with Crippen molar-refractivity contribution in [2.24, 2.45) is 10.9 Å². The summed E-state index contributed by atoms with van der Waals surface area (Å²) >= 11 is 1.95. The minimum absolute atomic E-state index is 0.475. The second-order valence-electron chi connectivity index (χ2n) is 5.58. The van der Waals surface area contributed by atoms with Crippen LogP contribution < -0.4 is 5.32 Å². The summed E-state index contributed by atoms with van der Waals surface area (Å²) < 4.78 is 5.75. The van der Waals surface area contributed by atoms with Gasteiger partial charge in [0, 0.05) is 18.4 Å². The summed E-state index contributed by atoms with van der Waals surface area (Å²) in [5.74, 6) is 0.815. The fourth-order valence-electron chi connectivity index (χ4n) is 2.92. The lowest BCUT2D eigenvalue weighted by Crippen LogP contribution is -2.28. The van der Waals surface area contributed by atoms with Crippen LogP contribution in [0.4, 0.5) is 0 Å². The van der Waals surface area contributed by atoms with Crippen LogP contribution in [0.15, 0.2) is 4.99 Å². The molecule has 1 saturated heterocycles. The number of hydrogen-bond acceptors (Lipinski definition) is 4. The van der Waals surface area contributed by atoms with Crippen LogP contribution in [-0.2, 0) is 4.74 Å². The maximum absolute atomic E-state index is 5.75. The van der Waals surface area contributed by atoms with E-state index in [0.29, 0.717) is 11.4 Å². The number of rotatable bonds is 6. The van der Waals surface area contributed by atoms with Gasteiger partial charge in [-0.3, -0.25) is 4.99 Å². The molecule has 0 aliphatic carbocycles. The molecule has 1 fully saturated rings. The number of hydrogen-bond donors (Lipinski definition) is 1. The molecule has 2 unspecified atom stereocenters. The monoisotopic (exact) mass is 284 g/mol. The summed E-state index contributed by atoms with van der Waals surface area (Å²) in [7, 11) is 0. The van der Waals surface area contributed by atoms with Gasteiger partial charge in [0.25, 0.3) is 0 Å². The highest BCUT2D eigenvalue weighted by atomic mass is 32.2. The first kappa shape index (κ1) is 15.2. The molecule has 0 radical (unpaired) electrons. The Morgan fingerprint density at radius 1 is 1.37 bits per heavy atom. The van der Waals surface area contributed by atoms with E-state index in [9.17, 15) is 0 Å². The highest BCUT2D eigenvalue weighted by molar-refractivity contribution is 8.14. The summed E-state index contributed by atoms with van der Waals surface area (Å²) in [5, 5.41) is 5.35. The molecule has 0 amide bonds. The van der Waals surface area contributed by atoms with E-state index in [0.717, 1.165) is 37.2 Å². The number of nitrogens with zero attached hydrogens (tertiary/aromatic N) is 1. The second-order valence-corrected chi connectivity index (χ2v) is 6.81. The smallest absolute Gasteiger partial charge is 0.156 e. The molecule has 2 atom stereocenters. The van der Waals surface area contributed by atoms with Gasteiger partial charge in [-0.15, -0.1) is 0 Å². The van der Waals surface area contributed by atoms with Crippen molar-refractivity contribution in [2.75, 3.05) is 19.7 Å². The lowest BCUT2D eigenvalue weighted by Gasteiger charge is -2.22. The van der Waals surface area contributed by atoms with Gasteiger partial charge in [0.05, 0.1) is 12.6 Å². The third-order valence-corrected chi connectivity index (χ3v) is 5.60. The Hall–Kier alpha value is -0.220. The fourth-order valence-corrected chi connectivity index (χ4v) is 4.27. The third-order valence-electron chi connectivity index (χ3n) is 4.27. The molecule has 0 aromatic heterocycles. The van der Waals surface area contributed by atoms with Gasteiger partial charge in [-0.1, -0.05) is 38.5 Å². The van der Waals surface area contributed by atoms with Gasteiger partial charge < -0.3 is 10.1 Å². The number of amidine groups is 1. The highest BCUT2D eigenvalue weighted by Gasteiger charge is 2.25. The Bertz CT molecular complexity index is 286. The molecule has 0 aromatic carbocycles. The number of ether oxygens (including phenoxy) is 1. The van der Waals surface area contributed by atoms with E-state index in [-0.39, 0.29) is 0 Å². The molecule has 3 nitrogen and oxygen atoms in total.